The Hall–Kier alpha value is -2.94. The molecule has 1 rings (SSSR count). The Morgan fingerprint density at radius 2 is 1.18 bits per heavy atom. The van der Waals surface area contributed by atoms with Crippen LogP contribution in [-0.2, 0) is 35.1 Å². The number of ether oxygens (including phenoxy) is 4. The number of rotatable bonds is 12. The first kappa shape index (κ1) is 34.1. The Labute approximate surface area is 233 Å². The van der Waals surface area contributed by atoms with E-state index in [-0.39, 0.29) is 41.6 Å². The van der Waals surface area contributed by atoms with Crippen LogP contribution in [0.5, 0.6) is 11.5 Å². The molecule has 0 amide bonds. The van der Waals surface area contributed by atoms with Crippen molar-refractivity contribution >= 4 is 23.9 Å². The molecular weight excluding hydrogens is 502 g/mol. The van der Waals surface area contributed by atoms with Gasteiger partial charge in [0.25, 0.3) is 0 Å². The van der Waals surface area contributed by atoms with Crippen molar-refractivity contribution in [1.29, 1.82) is 0 Å². The molecule has 1 aromatic rings. The van der Waals surface area contributed by atoms with Gasteiger partial charge in [-0.05, 0) is 70.6 Å². The number of carbonyl (C=O) groups is 4. The maximum Gasteiger partial charge on any atom is 0.323 e. The van der Waals surface area contributed by atoms with E-state index in [4.69, 9.17) is 24.7 Å². The van der Waals surface area contributed by atoms with Gasteiger partial charge < -0.3 is 24.7 Å². The summed E-state index contributed by atoms with van der Waals surface area (Å²) in [6.07, 6.45) is -1.31. The number of nitrogens with two attached hydrogens (primary N) is 1. The number of benzene rings is 1. The molecule has 0 aliphatic carbocycles. The van der Waals surface area contributed by atoms with Gasteiger partial charge in [0, 0.05) is 0 Å². The first-order chi connectivity index (χ1) is 17.8. The molecular formula is C30H47NO8. The van der Waals surface area contributed by atoms with Crippen LogP contribution < -0.4 is 15.2 Å². The smallest absolute Gasteiger partial charge is 0.323 e. The molecule has 2 N–H and O–H groups in total. The summed E-state index contributed by atoms with van der Waals surface area (Å²) < 4.78 is 22.0. The van der Waals surface area contributed by atoms with E-state index in [1.54, 1.807) is 54.5 Å². The fraction of sp³-hybridized carbons (Fsp3) is 0.667. The molecule has 1 aromatic carbocycles. The molecule has 2 unspecified atom stereocenters. The zero-order valence-corrected chi connectivity index (χ0v) is 25.3. The number of carbonyl (C=O) groups excluding carboxylic acids is 4. The van der Waals surface area contributed by atoms with E-state index in [0.717, 1.165) is 0 Å². The molecule has 0 saturated carbocycles. The third-order valence-corrected chi connectivity index (χ3v) is 6.80. The minimum absolute atomic E-state index is 0.0443. The highest BCUT2D eigenvalue weighted by Crippen LogP contribution is 2.31. The maximum atomic E-state index is 12.7. The van der Waals surface area contributed by atoms with Crippen LogP contribution >= 0.6 is 0 Å². The summed E-state index contributed by atoms with van der Waals surface area (Å²) in [6.45, 7) is 19.7. The molecule has 0 heterocycles. The van der Waals surface area contributed by atoms with Crippen molar-refractivity contribution in [1.82, 2.24) is 0 Å². The summed E-state index contributed by atoms with van der Waals surface area (Å²) in [5.41, 5.74) is 6.02. The predicted octanol–water partition coefficient (Wildman–Crippen LogP) is 4.86. The molecule has 9 nitrogen and oxygen atoms in total. The Kier molecular flexibility index (Phi) is 12.6. The van der Waals surface area contributed by atoms with Gasteiger partial charge in [-0.15, -0.1) is 0 Å². The van der Waals surface area contributed by atoms with Crippen molar-refractivity contribution < 1.29 is 38.1 Å². The van der Waals surface area contributed by atoms with Crippen LogP contribution in [0.2, 0.25) is 0 Å². The summed E-state index contributed by atoms with van der Waals surface area (Å²) in [5.74, 6) is -2.44. The van der Waals surface area contributed by atoms with Crippen molar-refractivity contribution in [2.24, 2.45) is 34.8 Å². The topological polar surface area (TPSA) is 131 Å². The molecule has 220 valence electrons. The minimum atomic E-state index is -1.04. The van der Waals surface area contributed by atoms with Crippen molar-refractivity contribution in [3.63, 3.8) is 0 Å². The lowest BCUT2D eigenvalue weighted by atomic mass is 9.97. The monoisotopic (exact) mass is 549 g/mol. The van der Waals surface area contributed by atoms with Gasteiger partial charge >= 0.3 is 23.9 Å². The molecule has 0 bridgehead atoms. The van der Waals surface area contributed by atoms with E-state index in [0.29, 0.717) is 5.56 Å². The van der Waals surface area contributed by atoms with Crippen molar-refractivity contribution in [2.75, 3.05) is 0 Å². The molecule has 5 atom stereocenters. The lowest BCUT2D eigenvalue weighted by Crippen LogP contribution is -2.40. The van der Waals surface area contributed by atoms with Gasteiger partial charge in [0.05, 0.1) is 17.3 Å². The van der Waals surface area contributed by atoms with Gasteiger partial charge in [-0.25, -0.2) is 0 Å². The number of hydrogen-bond donors (Lipinski definition) is 1. The van der Waals surface area contributed by atoms with Gasteiger partial charge in [0.1, 0.15) is 18.2 Å². The normalized spacial score (nSPS) is 15.6. The molecule has 0 fully saturated rings. The standard InChI is InChI=1S/C30H47NO8/c1-16(2)18(5)26(32)38-24-13-12-22(15-25(24)39-27(33)19(6)17(3)4)14-23(31)28(34)36-20(7)21(8)37-29(35)30(9,10)11/h12-13,15-21,23H,14,31H2,1-11H3/t18?,19?,20-,21-,23-/m0/s1. The van der Waals surface area contributed by atoms with E-state index < -0.39 is 47.5 Å². The Morgan fingerprint density at radius 3 is 1.64 bits per heavy atom. The summed E-state index contributed by atoms with van der Waals surface area (Å²) in [4.78, 5) is 50.1. The Morgan fingerprint density at radius 1 is 0.718 bits per heavy atom. The van der Waals surface area contributed by atoms with E-state index >= 15 is 0 Å². The van der Waals surface area contributed by atoms with Gasteiger partial charge in [0.15, 0.2) is 11.5 Å². The Balaban J connectivity index is 3.05. The molecule has 0 aliphatic rings. The second kappa shape index (κ2) is 14.4. The SMILES string of the molecule is CC(C)C(C)C(=O)Oc1ccc(C[C@H](N)C(=O)O[C@@H](C)[C@H](C)OC(=O)C(C)(C)C)cc1OC(=O)C(C)C(C)C. The number of hydrogen-bond acceptors (Lipinski definition) is 9. The highest BCUT2D eigenvalue weighted by Gasteiger charge is 2.30. The Bertz CT molecular complexity index is 1010. The van der Waals surface area contributed by atoms with Crippen LogP contribution in [0, 0.1) is 29.1 Å². The zero-order chi connectivity index (χ0) is 30.2. The molecule has 0 radical (unpaired) electrons. The van der Waals surface area contributed by atoms with E-state index in [9.17, 15) is 19.2 Å². The van der Waals surface area contributed by atoms with Crippen LogP contribution in [0.15, 0.2) is 18.2 Å². The lowest BCUT2D eigenvalue weighted by Gasteiger charge is -2.25. The summed E-state index contributed by atoms with van der Waals surface area (Å²) in [6, 6.07) is 3.68. The fourth-order valence-electron chi connectivity index (χ4n) is 2.94. The largest absolute Gasteiger partial charge is 0.458 e. The summed E-state index contributed by atoms with van der Waals surface area (Å²) in [5, 5.41) is 0. The van der Waals surface area contributed by atoms with E-state index in [1.165, 1.54) is 12.1 Å². The first-order valence-electron chi connectivity index (χ1n) is 13.6. The van der Waals surface area contributed by atoms with E-state index in [2.05, 4.69) is 0 Å². The zero-order valence-electron chi connectivity index (χ0n) is 25.3. The van der Waals surface area contributed by atoms with Crippen LogP contribution in [0.25, 0.3) is 0 Å². The molecule has 0 aliphatic heterocycles. The second-order valence-corrected chi connectivity index (χ2v) is 12.0. The number of esters is 4. The highest BCUT2D eigenvalue weighted by molar-refractivity contribution is 5.79. The van der Waals surface area contributed by atoms with Crippen molar-refractivity contribution in [3.8, 4) is 11.5 Å². The highest BCUT2D eigenvalue weighted by atomic mass is 16.6. The third kappa shape index (κ3) is 10.6. The van der Waals surface area contributed by atoms with E-state index in [1.807, 2.05) is 27.7 Å². The van der Waals surface area contributed by atoms with Crippen LogP contribution in [0.3, 0.4) is 0 Å². The first-order valence-corrected chi connectivity index (χ1v) is 13.6. The molecule has 9 heteroatoms. The van der Waals surface area contributed by atoms with Gasteiger partial charge in [-0.2, -0.15) is 0 Å². The average molecular weight is 550 g/mol. The van der Waals surface area contributed by atoms with Gasteiger partial charge in [0.2, 0.25) is 0 Å². The second-order valence-electron chi connectivity index (χ2n) is 12.0. The minimum Gasteiger partial charge on any atom is -0.458 e. The molecule has 0 saturated heterocycles. The van der Waals surface area contributed by atoms with Crippen molar-refractivity contribution in [3.05, 3.63) is 23.8 Å². The van der Waals surface area contributed by atoms with Crippen LogP contribution in [0.4, 0.5) is 0 Å². The van der Waals surface area contributed by atoms with Gasteiger partial charge in [-0.3, -0.25) is 19.2 Å². The fourth-order valence-corrected chi connectivity index (χ4v) is 2.94. The van der Waals surface area contributed by atoms with Gasteiger partial charge in [-0.1, -0.05) is 47.6 Å². The summed E-state index contributed by atoms with van der Waals surface area (Å²) in [7, 11) is 0. The average Bonchev–Trinajstić information content (AvgIpc) is 2.83. The van der Waals surface area contributed by atoms with Crippen LogP contribution in [0.1, 0.15) is 81.7 Å². The molecule has 0 spiro atoms. The quantitative estimate of drug-likeness (QED) is 0.287. The maximum absolute atomic E-state index is 12.7. The molecule has 39 heavy (non-hydrogen) atoms. The summed E-state index contributed by atoms with van der Waals surface area (Å²) >= 11 is 0. The van der Waals surface area contributed by atoms with Crippen LogP contribution in [-0.4, -0.2) is 42.1 Å². The third-order valence-electron chi connectivity index (χ3n) is 6.80. The van der Waals surface area contributed by atoms with Crippen molar-refractivity contribution in [2.45, 2.75) is 101 Å². The molecule has 0 aromatic heterocycles. The predicted molar refractivity (Wildman–Crippen MR) is 148 cm³/mol. The lowest BCUT2D eigenvalue weighted by molar-refractivity contribution is -0.171.